The predicted molar refractivity (Wildman–Crippen MR) is 172 cm³/mol. The number of fused-ring (bicyclic) bond motifs is 5. The van der Waals surface area contributed by atoms with Crippen molar-refractivity contribution in [1.82, 2.24) is 10.2 Å². The smallest absolute Gasteiger partial charge is 0.409 e. The summed E-state index contributed by atoms with van der Waals surface area (Å²) in [5.41, 5.74) is -0.890. The third-order valence-electron chi connectivity index (χ3n) is 9.28. The van der Waals surface area contributed by atoms with Crippen molar-refractivity contribution in [3.8, 4) is 5.75 Å². The van der Waals surface area contributed by atoms with Crippen LogP contribution in [-0.4, -0.2) is 104 Å². The number of epoxide rings is 1. The van der Waals surface area contributed by atoms with Gasteiger partial charge < -0.3 is 43.4 Å². The molecular formula is C33H43ClN3O10Y2-. The summed E-state index contributed by atoms with van der Waals surface area (Å²) in [5.74, 6) is -1.35. The number of hydrogen-bond acceptors (Lipinski definition) is 10. The average Bonchev–Trinajstić information content (AvgIpc) is 3.73. The number of ether oxygens (including phenoxy) is 5. The van der Waals surface area contributed by atoms with Crippen molar-refractivity contribution in [2.24, 2.45) is 5.92 Å². The van der Waals surface area contributed by atoms with Crippen molar-refractivity contribution in [3.05, 3.63) is 46.5 Å². The van der Waals surface area contributed by atoms with Gasteiger partial charge in [0.05, 0.1) is 31.4 Å². The summed E-state index contributed by atoms with van der Waals surface area (Å²) in [6.07, 6.45) is 2.62. The summed E-state index contributed by atoms with van der Waals surface area (Å²) in [6, 6.07) is 2.57. The van der Waals surface area contributed by atoms with Crippen LogP contribution in [0.5, 0.6) is 5.75 Å². The molecule has 3 aliphatic rings. The van der Waals surface area contributed by atoms with Gasteiger partial charge in [-0.3, -0.25) is 10.1 Å². The van der Waals surface area contributed by atoms with Gasteiger partial charge in [0.15, 0.2) is 5.72 Å². The Hall–Kier alpha value is -1.44. The number of methoxy groups -OCH3 is 2. The molecule has 4 bridgehead atoms. The number of nitrogens with zero attached hydrogens (tertiary/aromatic N) is 2. The van der Waals surface area contributed by atoms with Crippen molar-refractivity contribution >= 4 is 41.7 Å². The van der Waals surface area contributed by atoms with E-state index in [0.29, 0.717) is 17.9 Å². The zero-order valence-electron chi connectivity index (χ0n) is 29.0. The number of esters is 1. The normalized spacial score (nSPS) is 32.2. The number of allylic oxidation sites excluding steroid dienone is 3. The zero-order valence-corrected chi connectivity index (χ0v) is 35.5. The Morgan fingerprint density at radius 2 is 1.94 bits per heavy atom. The van der Waals surface area contributed by atoms with Crippen LogP contribution in [0.2, 0.25) is 5.02 Å². The minimum absolute atomic E-state index is 0. The Morgan fingerprint density at radius 1 is 1.27 bits per heavy atom. The van der Waals surface area contributed by atoms with Gasteiger partial charge in [0.25, 0.3) is 0 Å². The molecule has 1 aromatic rings. The molecule has 3 amide bonds. The first-order valence-corrected chi connectivity index (χ1v) is 15.7. The van der Waals surface area contributed by atoms with Gasteiger partial charge in [-0.2, -0.15) is 6.41 Å². The molecule has 3 heterocycles. The van der Waals surface area contributed by atoms with E-state index in [4.69, 9.17) is 35.3 Å². The average molecular weight is 855 g/mol. The first-order chi connectivity index (χ1) is 22.1. The molecule has 4 rings (SSSR count). The summed E-state index contributed by atoms with van der Waals surface area (Å²) in [5, 5.41) is 14.3. The fourth-order valence-corrected chi connectivity index (χ4v) is 6.39. The molecule has 0 saturated carbocycles. The number of nitrogens with one attached hydrogen (secondary N) is 1. The molecule has 2 N–H and O–H groups in total. The Bertz CT molecular complexity index is 1460. The summed E-state index contributed by atoms with van der Waals surface area (Å²) in [6.45, 7) is 6.88. The van der Waals surface area contributed by atoms with Crippen molar-refractivity contribution in [2.45, 2.75) is 88.7 Å². The summed E-state index contributed by atoms with van der Waals surface area (Å²) in [7, 11) is 5.86. The van der Waals surface area contributed by atoms with E-state index in [9.17, 15) is 24.3 Å². The first-order valence-electron chi connectivity index (χ1n) is 15.3. The summed E-state index contributed by atoms with van der Waals surface area (Å²) < 4.78 is 28.8. The maximum atomic E-state index is 13.9. The molecule has 13 nitrogen and oxygen atoms in total. The van der Waals surface area contributed by atoms with E-state index in [1.165, 1.54) is 33.1 Å². The van der Waals surface area contributed by atoms with E-state index in [-0.39, 0.29) is 83.3 Å². The fourth-order valence-electron chi connectivity index (χ4n) is 6.08. The van der Waals surface area contributed by atoms with Crippen LogP contribution < -0.4 is 15.0 Å². The number of carbonyl (C=O) groups is 3. The maximum absolute atomic E-state index is 13.9. The fraction of sp³-hybridized carbons (Fsp3) is 0.576. The number of alkyl carbamates (subject to hydrolysis) is 1. The maximum Gasteiger partial charge on any atom is 0.409 e. The second kappa shape index (κ2) is 17.9. The number of likely N-dealkylation sites (N-methyl/N-ethyl adjacent to an activating group) is 1. The van der Waals surface area contributed by atoms with Gasteiger partial charge in [-0.15, -0.1) is 0 Å². The Labute approximate surface area is 342 Å². The van der Waals surface area contributed by atoms with Crippen molar-refractivity contribution in [2.75, 3.05) is 33.2 Å². The van der Waals surface area contributed by atoms with Gasteiger partial charge in [0, 0.05) is 91.9 Å². The Balaban J connectivity index is 0.00000417. The number of amides is 3. The van der Waals surface area contributed by atoms with Crippen LogP contribution in [-0.2, 0) is 105 Å². The van der Waals surface area contributed by atoms with Gasteiger partial charge in [-0.25, -0.2) is 9.59 Å². The third-order valence-corrected chi connectivity index (χ3v) is 9.65. The summed E-state index contributed by atoms with van der Waals surface area (Å²) in [4.78, 5) is 53.5. The topological polar surface area (TPSA) is 156 Å². The second-order valence-corrected chi connectivity index (χ2v) is 13.0. The predicted octanol–water partition coefficient (Wildman–Crippen LogP) is 3.05. The number of rotatable bonds is 6. The van der Waals surface area contributed by atoms with Crippen molar-refractivity contribution in [3.63, 3.8) is 0 Å². The number of carbonyl (C=O) groups excluding carboxylic acids is 4. The van der Waals surface area contributed by atoms with Crippen LogP contribution in [0.3, 0.4) is 0 Å². The SMILES string of the molecule is COc1cc2cc(c1Cl)N(C)C(=O)CC(OC(=O)[C@H](C)N(C)[C-]=O)C1(C)OC1C(C)C1CC(O)(NC(=O)O1)C(OC)/C=C/C=C(\C)C2.[Y].[Y]. The van der Waals surface area contributed by atoms with Gasteiger partial charge in [0.2, 0.25) is 5.91 Å². The van der Waals surface area contributed by atoms with Crippen LogP contribution in [0.4, 0.5) is 10.5 Å². The molecule has 2 radical (unpaired) electrons. The molecule has 264 valence electrons. The quantitative estimate of drug-likeness (QED) is 0.189. The second-order valence-electron chi connectivity index (χ2n) is 12.6. The molecule has 0 aromatic heterocycles. The van der Waals surface area contributed by atoms with E-state index >= 15 is 0 Å². The number of halogens is 1. The zero-order chi connectivity index (χ0) is 34.8. The van der Waals surface area contributed by atoms with Gasteiger partial charge in [-0.05, 0) is 51.9 Å². The minimum atomic E-state index is -1.82. The molecule has 16 heteroatoms. The molecule has 8 atom stereocenters. The third kappa shape index (κ3) is 9.71. The Kier molecular flexibility index (Phi) is 15.9. The van der Waals surface area contributed by atoms with E-state index < -0.39 is 65.7 Å². The van der Waals surface area contributed by atoms with E-state index in [1.807, 2.05) is 13.0 Å². The van der Waals surface area contributed by atoms with Crippen LogP contribution in [0, 0.1) is 5.92 Å². The van der Waals surface area contributed by atoms with Crippen molar-refractivity contribution in [1.29, 1.82) is 0 Å². The van der Waals surface area contributed by atoms with Crippen LogP contribution >= 0.6 is 11.6 Å². The monoisotopic (exact) mass is 854 g/mol. The molecular weight excluding hydrogens is 812 g/mol. The van der Waals surface area contributed by atoms with Crippen molar-refractivity contribution < 1.29 is 113 Å². The molecule has 2 saturated heterocycles. The van der Waals surface area contributed by atoms with Gasteiger partial charge in [-0.1, -0.05) is 42.3 Å². The van der Waals surface area contributed by atoms with Crippen LogP contribution in [0.25, 0.3) is 0 Å². The van der Waals surface area contributed by atoms with Gasteiger partial charge in [0.1, 0.15) is 34.7 Å². The molecule has 49 heavy (non-hydrogen) atoms. The van der Waals surface area contributed by atoms with E-state index in [2.05, 4.69) is 5.32 Å². The number of hydrogen-bond donors (Lipinski definition) is 2. The van der Waals surface area contributed by atoms with Crippen LogP contribution in [0.15, 0.2) is 35.9 Å². The van der Waals surface area contributed by atoms with E-state index in [0.717, 1.165) is 16.0 Å². The largest absolute Gasteiger partial charge is 0.520 e. The standard InChI is InChI=1S/C33H43ClN3O10.2Y/c1-18-10-9-11-25(44-8)33(42)16-24(45-31(41)35-33)19(2)29-32(4,47-29)26(46-30(40)20(3)36(5)17-38)15-27(39)37(6)22-13-21(12-18)14-23(43-7)28(22)34;;/h9-11,13-14,19-20,24-26,29,42H,12,15-16H2,1-8H3,(H,35,41);;/q-1;;/b11-9+,18-10+;;/t19?,20-,24?,25?,26?,29?,32?,33?;;/m0../s1. The molecule has 1 aromatic carbocycles. The molecule has 3 aliphatic heterocycles. The van der Waals surface area contributed by atoms with Crippen LogP contribution in [0.1, 0.15) is 46.1 Å². The molecule has 2 fully saturated rings. The number of aliphatic hydroxyl groups is 1. The Morgan fingerprint density at radius 3 is 2.55 bits per heavy atom. The number of anilines is 1. The number of benzene rings is 1. The molecule has 0 aliphatic carbocycles. The summed E-state index contributed by atoms with van der Waals surface area (Å²) >= 11 is 6.69. The van der Waals surface area contributed by atoms with Gasteiger partial charge >= 0.3 is 12.1 Å². The first kappa shape index (κ1) is 43.7. The minimum Gasteiger partial charge on any atom is -0.520 e. The molecule has 7 unspecified atom stereocenters. The molecule has 0 spiro atoms. The van der Waals surface area contributed by atoms with E-state index in [1.54, 1.807) is 51.6 Å².